The number of esters is 1. The van der Waals surface area contributed by atoms with Crippen LogP contribution in [0.2, 0.25) is 0 Å². The van der Waals surface area contributed by atoms with Gasteiger partial charge in [0.05, 0.1) is 30.7 Å². The molecule has 0 unspecified atom stereocenters. The largest absolute Gasteiger partial charge is 0.462 e. The number of carbonyl (C=O) groups excluding carboxylic acids is 3. The molecule has 0 radical (unpaired) electrons. The normalized spacial score (nSPS) is 12.6. The van der Waals surface area contributed by atoms with Crippen LogP contribution in [-0.2, 0) is 28.9 Å². The maximum atomic E-state index is 13.1. The molecule has 3 heterocycles. The van der Waals surface area contributed by atoms with Crippen LogP contribution >= 0.6 is 39.0 Å². The van der Waals surface area contributed by atoms with Crippen molar-refractivity contribution in [3.8, 4) is 5.69 Å². The lowest BCUT2D eigenvalue weighted by Gasteiger charge is -2.12. The van der Waals surface area contributed by atoms with E-state index in [1.165, 1.54) is 29.4 Å². The number of fused-ring (bicyclic) bond motifs is 1. The highest BCUT2D eigenvalue weighted by atomic mass is 79.9. The number of hydrogen-bond acceptors (Lipinski definition) is 9. The van der Waals surface area contributed by atoms with Gasteiger partial charge in [-0.1, -0.05) is 27.7 Å². The van der Waals surface area contributed by atoms with Gasteiger partial charge in [-0.25, -0.2) is 4.79 Å². The zero-order valence-corrected chi connectivity index (χ0v) is 24.8. The zero-order chi connectivity index (χ0) is 28.1. The fourth-order valence-corrected chi connectivity index (χ4v) is 6.71. The molecule has 0 saturated heterocycles. The van der Waals surface area contributed by atoms with Crippen molar-refractivity contribution in [2.45, 2.75) is 44.3 Å². The molecule has 3 aromatic heterocycles. The fraction of sp³-hybridized carbons (Fsp3) is 0.296. The molecule has 5 rings (SSSR count). The summed E-state index contributed by atoms with van der Waals surface area (Å²) in [6.07, 6.45) is 5.21. The summed E-state index contributed by atoms with van der Waals surface area (Å²) >= 11 is 6.11. The molecule has 4 aromatic rings. The van der Waals surface area contributed by atoms with Crippen molar-refractivity contribution in [1.82, 2.24) is 20.1 Å². The van der Waals surface area contributed by atoms with Crippen LogP contribution in [0, 0.1) is 0 Å². The van der Waals surface area contributed by atoms with Crippen LogP contribution < -0.4 is 10.6 Å². The number of nitrogens with zero attached hydrogens (tertiary/aromatic N) is 3. The first-order valence-corrected chi connectivity index (χ1v) is 15.3. The van der Waals surface area contributed by atoms with Crippen molar-refractivity contribution in [2.75, 3.05) is 17.7 Å². The van der Waals surface area contributed by atoms with E-state index in [-0.39, 0.29) is 36.5 Å². The molecule has 10 nitrogen and oxygen atoms in total. The van der Waals surface area contributed by atoms with Crippen molar-refractivity contribution in [1.29, 1.82) is 0 Å². The van der Waals surface area contributed by atoms with Gasteiger partial charge in [-0.15, -0.1) is 21.5 Å². The minimum absolute atomic E-state index is 0.0399. The number of thiophene rings is 1. The number of amides is 2. The molecule has 13 heteroatoms. The van der Waals surface area contributed by atoms with Crippen molar-refractivity contribution >= 4 is 61.8 Å². The number of rotatable bonds is 10. The molecule has 2 N–H and O–H groups in total. The molecule has 2 amide bonds. The van der Waals surface area contributed by atoms with Gasteiger partial charge in [0.25, 0.3) is 5.91 Å². The standard InChI is InChI=1S/C27H26BrN5O5S2/c1-2-37-26(36)23-18-6-3-4-8-20(18)40-25(23)30-22(34)15-39-27-32-31-21(14-29-24(35)19-7-5-13-38-19)33(27)17-11-9-16(28)10-12-17/h5,7,9-13H,2-4,6,8,14-15H2,1H3,(H,29,35)(H,30,34). The van der Waals surface area contributed by atoms with Gasteiger partial charge in [0, 0.05) is 15.0 Å². The van der Waals surface area contributed by atoms with Gasteiger partial charge in [0.1, 0.15) is 5.00 Å². The lowest BCUT2D eigenvalue weighted by atomic mass is 9.95. The van der Waals surface area contributed by atoms with Crippen LogP contribution in [0.1, 0.15) is 56.9 Å². The summed E-state index contributed by atoms with van der Waals surface area (Å²) in [6, 6.07) is 10.8. The highest BCUT2D eigenvalue weighted by Crippen LogP contribution is 2.38. The molecule has 0 saturated carbocycles. The maximum Gasteiger partial charge on any atom is 0.341 e. The summed E-state index contributed by atoms with van der Waals surface area (Å²) in [4.78, 5) is 39.3. The first kappa shape index (κ1) is 28.1. The van der Waals surface area contributed by atoms with Crippen LogP contribution in [0.5, 0.6) is 0 Å². The van der Waals surface area contributed by atoms with E-state index < -0.39 is 5.97 Å². The Labute approximate surface area is 247 Å². The molecule has 0 bridgehead atoms. The van der Waals surface area contributed by atoms with E-state index in [1.807, 2.05) is 24.3 Å². The van der Waals surface area contributed by atoms with Gasteiger partial charge < -0.3 is 19.8 Å². The van der Waals surface area contributed by atoms with Crippen molar-refractivity contribution in [2.24, 2.45) is 0 Å². The summed E-state index contributed by atoms with van der Waals surface area (Å²) in [5.41, 5.74) is 2.25. The van der Waals surface area contributed by atoms with Gasteiger partial charge in [0.15, 0.2) is 16.7 Å². The highest BCUT2D eigenvalue weighted by molar-refractivity contribution is 9.10. The number of thioether (sulfide) groups is 1. The van der Waals surface area contributed by atoms with Crippen molar-refractivity contribution < 1.29 is 23.5 Å². The molecule has 1 aliphatic rings. The predicted molar refractivity (Wildman–Crippen MR) is 155 cm³/mol. The lowest BCUT2D eigenvalue weighted by molar-refractivity contribution is -0.113. The van der Waals surface area contributed by atoms with Crippen LogP contribution in [-0.4, -0.2) is 44.9 Å². The molecular formula is C27H26BrN5O5S2. The van der Waals surface area contributed by atoms with Gasteiger partial charge in [-0.3, -0.25) is 14.2 Å². The summed E-state index contributed by atoms with van der Waals surface area (Å²) in [5, 5.41) is 15.3. The van der Waals surface area contributed by atoms with E-state index in [2.05, 4.69) is 36.8 Å². The maximum absolute atomic E-state index is 13.1. The topological polar surface area (TPSA) is 128 Å². The van der Waals surface area contributed by atoms with E-state index in [0.717, 1.165) is 46.3 Å². The molecule has 0 fully saturated rings. The number of benzene rings is 1. The lowest BCUT2D eigenvalue weighted by Crippen LogP contribution is -2.24. The fourth-order valence-electron chi connectivity index (χ4n) is 4.38. The number of aryl methyl sites for hydroxylation is 1. The molecule has 0 spiro atoms. The molecule has 1 aromatic carbocycles. The number of aromatic nitrogens is 3. The summed E-state index contributed by atoms with van der Waals surface area (Å²) in [7, 11) is 0. The minimum atomic E-state index is -0.402. The summed E-state index contributed by atoms with van der Waals surface area (Å²) in [6.45, 7) is 2.13. The van der Waals surface area contributed by atoms with Gasteiger partial charge in [0.2, 0.25) is 5.91 Å². The van der Waals surface area contributed by atoms with Gasteiger partial charge in [-0.05, 0) is 74.6 Å². The monoisotopic (exact) mass is 643 g/mol. The second-order valence-electron chi connectivity index (χ2n) is 8.84. The third-order valence-corrected chi connectivity index (χ3v) is 8.84. The van der Waals surface area contributed by atoms with Crippen LogP contribution in [0.4, 0.5) is 5.00 Å². The Kier molecular flexibility index (Phi) is 9.02. The van der Waals surface area contributed by atoms with Crippen molar-refractivity contribution in [3.63, 3.8) is 0 Å². The molecule has 1 aliphatic carbocycles. The van der Waals surface area contributed by atoms with Crippen LogP contribution in [0.25, 0.3) is 5.69 Å². The number of ether oxygens (including phenoxy) is 1. The first-order chi connectivity index (χ1) is 19.4. The Morgan fingerprint density at radius 2 is 1.95 bits per heavy atom. The molecular weight excluding hydrogens is 618 g/mol. The summed E-state index contributed by atoms with van der Waals surface area (Å²) in [5.74, 6) is -0.328. The average Bonchev–Trinajstić information content (AvgIpc) is 3.70. The van der Waals surface area contributed by atoms with E-state index in [9.17, 15) is 14.4 Å². The summed E-state index contributed by atoms with van der Waals surface area (Å²) < 4.78 is 13.1. The Morgan fingerprint density at radius 1 is 1.15 bits per heavy atom. The molecule has 0 aliphatic heterocycles. The minimum Gasteiger partial charge on any atom is -0.462 e. The first-order valence-electron chi connectivity index (χ1n) is 12.7. The average molecular weight is 645 g/mol. The SMILES string of the molecule is CCOC(=O)c1c(NC(=O)CSc2nnc(CNC(=O)c3ccco3)n2-c2ccc(Br)cc2)sc2c1CCCC2. The number of hydrogen-bond donors (Lipinski definition) is 2. The van der Waals surface area contributed by atoms with E-state index in [1.54, 1.807) is 23.6 Å². The van der Waals surface area contributed by atoms with Crippen molar-refractivity contribution in [3.05, 3.63) is 74.7 Å². The van der Waals surface area contributed by atoms with Crippen LogP contribution in [0.15, 0.2) is 56.7 Å². The Morgan fingerprint density at radius 3 is 2.70 bits per heavy atom. The number of carbonyl (C=O) groups is 3. The highest BCUT2D eigenvalue weighted by Gasteiger charge is 2.27. The number of nitrogens with one attached hydrogen (secondary N) is 2. The Balaban J connectivity index is 1.33. The van der Waals surface area contributed by atoms with Gasteiger partial charge >= 0.3 is 5.97 Å². The number of furan rings is 1. The van der Waals surface area contributed by atoms with Gasteiger partial charge in [-0.2, -0.15) is 0 Å². The predicted octanol–water partition coefficient (Wildman–Crippen LogP) is 5.40. The Hall–Kier alpha value is -3.42. The number of halogens is 1. The third kappa shape index (κ3) is 6.31. The quantitative estimate of drug-likeness (QED) is 0.174. The smallest absolute Gasteiger partial charge is 0.341 e. The molecule has 40 heavy (non-hydrogen) atoms. The van der Waals surface area contributed by atoms with E-state index in [4.69, 9.17) is 9.15 Å². The second kappa shape index (κ2) is 12.8. The third-order valence-electron chi connectivity index (χ3n) is 6.17. The molecule has 0 atom stereocenters. The van der Waals surface area contributed by atoms with Crippen LogP contribution in [0.3, 0.4) is 0 Å². The Bertz CT molecular complexity index is 1510. The second-order valence-corrected chi connectivity index (χ2v) is 11.8. The molecule has 208 valence electrons. The zero-order valence-electron chi connectivity index (χ0n) is 21.6. The van der Waals surface area contributed by atoms with E-state index >= 15 is 0 Å². The number of anilines is 1. The van der Waals surface area contributed by atoms with E-state index in [0.29, 0.717) is 21.5 Å².